The van der Waals surface area contributed by atoms with Gasteiger partial charge in [-0.2, -0.15) is 0 Å². The van der Waals surface area contributed by atoms with Gasteiger partial charge in [-0.05, 0) is 31.6 Å². The molecule has 0 radical (unpaired) electrons. The summed E-state index contributed by atoms with van der Waals surface area (Å²) in [4.78, 5) is 3.95. The molecule has 0 saturated heterocycles. The highest BCUT2D eigenvalue weighted by molar-refractivity contribution is 5.49. The zero-order chi connectivity index (χ0) is 10.7. The molecule has 1 aliphatic carbocycles. The lowest BCUT2D eigenvalue weighted by atomic mass is 9.89. The molecule has 82 valence electrons. The fraction of sp³-hybridized carbons (Fsp3) is 0.583. The van der Waals surface area contributed by atoms with Crippen LogP contribution in [-0.2, 0) is 0 Å². The van der Waals surface area contributed by atoms with E-state index in [1.807, 2.05) is 6.07 Å². The van der Waals surface area contributed by atoms with Gasteiger partial charge in [-0.3, -0.25) is 4.98 Å². The van der Waals surface area contributed by atoms with E-state index in [4.69, 9.17) is 10.5 Å². The summed E-state index contributed by atoms with van der Waals surface area (Å²) >= 11 is 0. The molecule has 0 bridgehead atoms. The molecule has 2 rings (SSSR count). The van der Waals surface area contributed by atoms with Crippen LogP contribution in [0, 0.1) is 5.92 Å². The van der Waals surface area contributed by atoms with Crippen LogP contribution in [0.2, 0.25) is 0 Å². The van der Waals surface area contributed by atoms with Crippen molar-refractivity contribution in [2.24, 2.45) is 5.92 Å². The zero-order valence-corrected chi connectivity index (χ0v) is 9.15. The van der Waals surface area contributed by atoms with Crippen molar-refractivity contribution >= 4 is 5.69 Å². The number of nitrogens with zero attached hydrogens (tertiary/aromatic N) is 1. The monoisotopic (exact) mass is 206 g/mol. The molecular formula is C12H18N2O. The third-order valence-electron chi connectivity index (χ3n) is 3.07. The molecule has 0 atom stereocenters. The van der Waals surface area contributed by atoms with Gasteiger partial charge in [-0.1, -0.05) is 6.92 Å². The first-order chi connectivity index (χ1) is 7.25. The molecule has 0 aliphatic heterocycles. The van der Waals surface area contributed by atoms with Crippen LogP contribution in [0.1, 0.15) is 32.6 Å². The van der Waals surface area contributed by atoms with Crippen molar-refractivity contribution in [2.45, 2.75) is 38.7 Å². The Labute approximate surface area is 90.7 Å². The van der Waals surface area contributed by atoms with Gasteiger partial charge < -0.3 is 10.5 Å². The number of nitrogen functional groups attached to an aromatic ring is 1. The lowest BCUT2D eigenvalue weighted by Crippen LogP contribution is -2.23. The normalized spacial score (nSPS) is 26.2. The fourth-order valence-corrected chi connectivity index (χ4v) is 2.03. The number of hydrogen-bond donors (Lipinski definition) is 1. The Morgan fingerprint density at radius 1 is 1.33 bits per heavy atom. The minimum atomic E-state index is 0.339. The summed E-state index contributed by atoms with van der Waals surface area (Å²) in [7, 11) is 0. The SMILES string of the molecule is C[C@H]1CC[C@@H](Oc2ccncc2N)CC1. The van der Waals surface area contributed by atoms with Gasteiger partial charge in [0, 0.05) is 12.3 Å². The van der Waals surface area contributed by atoms with Crippen LogP contribution in [0.3, 0.4) is 0 Å². The molecule has 3 heteroatoms. The number of pyridine rings is 1. The first kappa shape index (κ1) is 10.3. The highest BCUT2D eigenvalue weighted by atomic mass is 16.5. The summed E-state index contributed by atoms with van der Waals surface area (Å²) in [5.41, 5.74) is 6.41. The van der Waals surface area contributed by atoms with Crippen molar-refractivity contribution in [2.75, 3.05) is 5.73 Å². The summed E-state index contributed by atoms with van der Waals surface area (Å²) in [6, 6.07) is 1.84. The second-order valence-corrected chi connectivity index (χ2v) is 4.41. The number of hydrogen-bond acceptors (Lipinski definition) is 3. The van der Waals surface area contributed by atoms with Crippen LogP contribution >= 0.6 is 0 Å². The van der Waals surface area contributed by atoms with E-state index in [0.29, 0.717) is 11.8 Å². The Bertz CT molecular complexity index is 319. The topological polar surface area (TPSA) is 48.1 Å². The first-order valence-corrected chi connectivity index (χ1v) is 5.62. The molecule has 1 aromatic heterocycles. The van der Waals surface area contributed by atoms with E-state index >= 15 is 0 Å². The third-order valence-corrected chi connectivity index (χ3v) is 3.07. The molecule has 1 saturated carbocycles. The molecule has 1 fully saturated rings. The first-order valence-electron chi connectivity index (χ1n) is 5.62. The van der Waals surface area contributed by atoms with Gasteiger partial charge in [0.25, 0.3) is 0 Å². The Kier molecular flexibility index (Phi) is 3.09. The van der Waals surface area contributed by atoms with Crippen LogP contribution < -0.4 is 10.5 Å². The highest BCUT2D eigenvalue weighted by Crippen LogP contribution is 2.29. The van der Waals surface area contributed by atoms with Crippen molar-refractivity contribution in [3.63, 3.8) is 0 Å². The lowest BCUT2D eigenvalue weighted by molar-refractivity contribution is 0.136. The van der Waals surface area contributed by atoms with E-state index < -0.39 is 0 Å². The molecular weight excluding hydrogens is 188 g/mol. The Balaban J connectivity index is 1.95. The molecule has 3 nitrogen and oxygen atoms in total. The summed E-state index contributed by atoms with van der Waals surface area (Å²) in [6.07, 6.45) is 8.50. The molecule has 0 amide bonds. The van der Waals surface area contributed by atoms with Gasteiger partial charge in [0.05, 0.1) is 18.0 Å². The van der Waals surface area contributed by atoms with E-state index in [2.05, 4.69) is 11.9 Å². The van der Waals surface area contributed by atoms with Gasteiger partial charge >= 0.3 is 0 Å². The predicted molar refractivity (Wildman–Crippen MR) is 60.7 cm³/mol. The van der Waals surface area contributed by atoms with E-state index in [0.717, 1.165) is 24.5 Å². The molecule has 1 heterocycles. The summed E-state index contributed by atoms with van der Waals surface area (Å²) < 4.78 is 5.87. The maximum Gasteiger partial charge on any atom is 0.145 e. The van der Waals surface area contributed by atoms with E-state index in [-0.39, 0.29) is 0 Å². The third kappa shape index (κ3) is 2.61. The quantitative estimate of drug-likeness (QED) is 0.809. The standard InChI is InChI=1S/C12H18N2O/c1-9-2-4-10(5-3-9)15-12-6-7-14-8-11(12)13/h6-10H,2-5,13H2,1H3/t9-,10+. The molecule has 1 aliphatic rings. The zero-order valence-electron chi connectivity index (χ0n) is 9.15. The van der Waals surface area contributed by atoms with Crippen molar-refractivity contribution in [1.82, 2.24) is 4.98 Å². The second kappa shape index (κ2) is 4.51. The van der Waals surface area contributed by atoms with Crippen molar-refractivity contribution in [3.05, 3.63) is 18.5 Å². The van der Waals surface area contributed by atoms with Crippen LogP contribution in [0.15, 0.2) is 18.5 Å². The van der Waals surface area contributed by atoms with Crippen LogP contribution in [-0.4, -0.2) is 11.1 Å². The van der Waals surface area contributed by atoms with Crippen molar-refractivity contribution in [3.8, 4) is 5.75 Å². The summed E-state index contributed by atoms with van der Waals surface area (Å²) in [5.74, 6) is 1.63. The number of aromatic nitrogens is 1. The Morgan fingerprint density at radius 3 is 2.73 bits per heavy atom. The van der Waals surface area contributed by atoms with Gasteiger partial charge in [0.15, 0.2) is 0 Å². The van der Waals surface area contributed by atoms with Gasteiger partial charge in [0.2, 0.25) is 0 Å². The largest absolute Gasteiger partial charge is 0.488 e. The van der Waals surface area contributed by atoms with Gasteiger partial charge in [0.1, 0.15) is 5.75 Å². The summed E-state index contributed by atoms with van der Waals surface area (Å²) in [6.45, 7) is 2.30. The fourth-order valence-electron chi connectivity index (χ4n) is 2.03. The predicted octanol–water partition coefficient (Wildman–Crippen LogP) is 2.62. The maximum absolute atomic E-state index is 5.87. The second-order valence-electron chi connectivity index (χ2n) is 4.41. The number of nitrogens with two attached hydrogens (primary N) is 1. The van der Waals surface area contributed by atoms with Crippen molar-refractivity contribution < 1.29 is 4.74 Å². The molecule has 0 aromatic carbocycles. The van der Waals surface area contributed by atoms with Crippen LogP contribution in [0.5, 0.6) is 5.75 Å². The molecule has 2 N–H and O–H groups in total. The van der Waals surface area contributed by atoms with Crippen LogP contribution in [0.4, 0.5) is 5.69 Å². The van der Waals surface area contributed by atoms with Crippen LogP contribution in [0.25, 0.3) is 0 Å². The molecule has 0 unspecified atom stereocenters. The minimum Gasteiger partial charge on any atom is -0.488 e. The lowest BCUT2D eigenvalue weighted by Gasteiger charge is -2.27. The van der Waals surface area contributed by atoms with Gasteiger partial charge in [-0.15, -0.1) is 0 Å². The molecule has 1 aromatic rings. The van der Waals surface area contributed by atoms with Crippen molar-refractivity contribution in [1.29, 1.82) is 0 Å². The minimum absolute atomic E-state index is 0.339. The van der Waals surface area contributed by atoms with E-state index in [1.165, 1.54) is 12.8 Å². The molecule has 15 heavy (non-hydrogen) atoms. The number of ether oxygens (including phenoxy) is 1. The van der Waals surface area contributed by atoms with Gasteiger partial charge in [-0.25, -0.2) is 0 Å². The highest BCUT2D eigenvalue weighted by Gasteiger charge is 2.19. The maximum atomic E-state index is 5.87. The number of anilines is 1. The van der Waals surface area contributed by atoms with E-state index in [1.54, 1.807) is 12.4 Å². The average Bonchev–Trinajstić information content (AvgIpc) is 2.25. The molecule has 0 spiro atoms. The smallest absolute Gasteiger partial charge is 0.145 e. The number of rotatable bonds is 2. The summed E-state index contributed by atoms with van der Waals surface area (Å²) in [5, 5.41) is 0. The average molecular weight is 206 g/mol. The Morgan fingerprint density at radius 2 is 2.07 bits per heavy atom. The Hall–Kier alpha value is -1.25. The van der Waals surface area contributed by atoms with E-state index in [9.17, 15) is 0 Å².